The number of hydrogen-bond acceptors (Lipinski definition) is 8. The molecule has 0 saturated carbocycles. The van der Waals surface area contributed by atoms with Crippen molar-refractivity contribution < 1.29 is 27.7 Å². The zero-order valence-corrected chi connectivity index (χ0v) is 21.7. The van der Waals surface area contributed by atoms with Gasteiger partial charge >= 0.3 is 6.03 Å². The molecule has 38 heavy (non-hydrogen) atoms. The molecule has 0 N–H and O–H groups in total. The second kappa shape index (κ2) is 10.1. The second-order valence-electron chi connectivity index (χ2n) is 9.81. The maximum Gasteiger partial charge on any atom is 0.328 e. The normalized spacial score (nSPS) is 25.0. The molecular formula is C25H29N5O7S. The fourth-order valence-electron chi connectivity index (χ4n) is 5.39. The van der Waals surface area contributed by atoms with Crippen molar-refractivity contribution in [3.8, 4) is 0 Å². The lowest BCUT2D eigenvalue weighted by atomic mass is 9.92. The number of hydrogen-bond donors (Lipinski definition) is 0. The Hall–Kier alpha value is -3.39. The Kier molecular flexibility index (Phi) is 6.94. The van der Waals surface area contributed by atoms with E-state index in [1.165, 1.54) is 26.2 Å². The van der Waals surface area contributed by atoms with Gasteiger partial charge in [-0.1, -0.05) is 30.3 Å². The summed E-state index contributed by atoms with van der Waals surface area (Å²) in [4.78, 5) is 42.7. The first kappa shape index (κ1) is 26.2. The summed E-state index contributed by atoms with van der Waals surface area (Å²) in [6.45, 7) is 4.63. The van der Waals surface area contributed by atoms with Crippen molar-refractivity contribution >= 4 is 27.6 Å². The number of sulfonamides is 1. The minimum atomic E-state index is -4.13. The van der Waals surface area contributed by atoms with Gasteiger partial charge in [0.25, 0.3) is 11.6 Å². The van der Waals surface area contributed by atoms with Gasteiger partial charge in [0.05, 0.1) is 29.1 Å². The summed E-state index contributed by atoms with van der Waals surface area (Å²) in [5.41, 5.74) is -0.941. The van der Waals surface area contributed by atoms with Gasteiger partial charge in [0.15, 0.2) is 0 Å². The van der Waals surface area contributed by atoms with Crippen molar-refractivity contribution in [2.45, 2.75) is 23.4 Å². The summed E-state index contributed by atoms with van der Waals surface area (Å²) >= 11 is 0. The van der Waals surface area contributed by atoms with Crippen LogP contribution in [0.3, 0.4) is 0 Å². The minimum absolute atomic E-state index is 0.0603. The molecule has 2 aromatic carbocycles. The van der Waals surface area contributed by atoms with E-state index in [1.54, 1.807) is 31.2 Å². The lowest BCUT2D eigenvalue weighted by molar-refractivity contribution is -0.384. The molecule has 0 unspecified atom stereocenters. The Morgan fingerprint density at radius 1 is 1.03 bits per heavy atom. The smallest absolute Gasteiger partial charge is 0.328 e. The molecule has 3 aliphatic rings. The Bertz CT molecular complexity index is 1330. The Balaban J connectivity index is 1.48. The Morgan fingerprint density at radius 2 is 1.68 bits per heavy atom. The monoisotopic (exact) mass is 543 g/mol. The van der Waals surface area contributed by atoms with Crippen LogP contribution < -0.4 is 0 Å². The molecule has 3 fully saturated rings. The standard InChI is InChI=1S/C25H29N5O7S/c1-25-18-27(38(35,36)21-9-7-20(8-10-21)30(33)34)17-22(19-5-3-2-4-6-19)29(25)24(32)28(23(25)31)12-11-26-13-15-37-16-14-26/h2-10,22H,11-18H2,1H3/t22-,25-/m1/s1. The average Bonchev–Trinajstić information content (AvgIpc) is 3.12. The predicted octanol–water partition coefficient (Wildman–Crippen LogP) is 1.70. The molecule has 3 aliphatic heterocycles. The van der Waals surface area contributed by atoms with Crippen molar-refractivity contribution in [1.82, 2.24) is 19.0 Å². The molecule has 0 aliphatic carbocycles. The molecule has 2 atom stereocenters. The van der Waals surface area contributed by atoms with Gasteiger partial charge in [-0.05, 0) is 24.6 Å². The third kappa shape index (κ3) is 4.55. The molecule has 3 amide bonds. The van der Waals surface area contributed by atoms with Crippen LogP contribution in [-0.2, 0) is 19.6 Å². The second-order valence-corrected chi connectivity index (χ2v) is 11.8. The SMILES string of the molecule is C[C@]12CN(S(=O)(=O)c3ccc([N+](=O)[O-])cc3)C[C@H](c3ccccc3)N1C(=O)N(CCN1CCOCC1)C2=O. The molecular weight excluding hydrogens is 514 g/mol. The first-order valence-electron chi connectivity index (χ1n) is 12.4. The number of carbonyl (C=O) groups is 2. The van der Waals surface area contributed by atoms with E-state index >= 15 is 0 Å². The van der Waals surface area contributed by atoms with Gasteiger partial charge in [-0.2, -0.15) is 4.31 Å². The number of ether oxygens (including phenoxy) is 1. The number of urea groups is 1. The molecule has 0 bridgehead atoms. The third-order valence-electron chi connectivity index (χ3n) is 7.46. The van der Waals surface area contributed by atoms with E-state index in [1.807, 2.05) is 6.07 Å². The number of rotatable bonds is 7. The summed E-state index contributed by atoms with van der Waals surface area (Å²) in [6.07, 6.45) is 0. The quantitative estimate of drug-likeness (QED) is 0.293. The Morgan fingerprint density at radius 3 is 2.32 bits per heavy atom. The van der Waals surface area contributed by atoms with E-state index < -0.39 is 38.5 Å². The molecule has 5 rings (SSSR count). The van der Waals surface area contributed by atoms with Crippen molar-refractivity contribution in [3.05, 3.63) is 70.3 Å². The number of benzene rings is 2. The number of morpholine rings is 1. The van der Waals surface area contributed by atoms with Crippen LogP contribution in [0.2, 0.25) is 0 Å². The maximum atomic E-state index is 13.8. The van der Waals surface area contributed by atoms with Crippen LogP contribution in [0.1, 0.15) is 18.5 Å². The van der Waals surface area contributed by atoms with Gasteiger partial charge < -0.3 is 9.64 Å². The Labute approximate surface area is 220 Å². The molecule has 202 valence electrons. The van der Waals surface area contributed by atoms with Crippen molar-refractivity contribution in [2.24, 2.45) is 0 Å². The lowest BCUT2D eigenvalue weighted by Crippen LogP contribution is -2.63. The molecule has 13 heteroatoms. The maximum absolute atomic E-state index is 13.8. The van der Waals surface area contributed by atoms with Crippen molar-refractivity contribution in [2.75, 3.05) is 52.5 Å². The molecule has 3 heterocycles. The van der Waals surface area contributed by atoms with Crippen molar-refractivity contribution in [1.29, 1.82) is 0 Å². The molecule has 0 spiro atoms. The summed E-state index contributed by atoms with van der Waals surface area (Å²) in [5, 5.41) is 11.0. The number of nitro benzene ring substituents is 1. The van der Waals surface area contributed by atoms with Crippen LogP contribution in [-0.4, -0.2) is 102 Å². The van der Waals surface area contributed by atoms with Gasteiger partial charge in [-0.25, -0.2) is 13.2 Å². The fourth-order valence-corrected chi connectivity index (χ4v) is 6.93. The van der Waals surface area contributed by atoms with Crippen LogP contribution >= 0.6 is 0 Å². The number of fused-ring (bicyclic) bond motifs is 1. The van der Waals surface area contributed by atoms with E-state index in [4.69, 9.17) is 4.74 Å². The topological polar surface area (TPSA) is 134 Å². The minimum Gasteiger partial charge on any atom is -0.379 e. The van der Waals surface area contributed by atoms with Gasteiger partial charge in [0.2, 0.25) is 10.0 Å². The summed E-state index contributed by atoms with van der Waals surface area (Å²) < 4.78 is 34.0. The molecule has 0 aromatic heterocycles. The van der Waals surface area contributed by atoms with Crippen LogP contribution in [0.5, 0.6) is 0 Å². The van der Waals surface area contributed by atoms with Crippen LogP contribution in [0.4, 0.5) is 10.5 Å². The van der Waals surface area contributed by atoms with Crippen LogP contribution in [0.15, 0.2) is 59.5 Å². The summed E-state index contributed by atoms with van der Waals surface area (Å²) in [6, 6.07) is 12.6. The third-order valence-corrected chi connectivity index (χ3v) is 9.29. The first-order chi connectivity index (χ1) is 18.1. The number of imide groups is 1. The number of nitro groups is 1. The number of carbonyl (C=O) groups excluding carboxylic acids is 2. The number of piperazine rings is 1. The van der Waals surface area contributed by atoms with Gasteiger partial charge in [0.1, 0.15) is 5.54 Å². The first-order valence-corrected chi connectivity index (χ1v) is 13.8. The number of nitrogens with zero attached hydrogens (tertiary/aromatic N) is 5. The van der Waals surface area contributed by atoms with Crippen LogP contribution in [0, 0.1) is 10.1 Å². The molecule has 2 aromatic rings. The van der Waals surface area contributed by atoms with Gasteiger partial charge in [0, 0.05) is 51.4 Å². The van der Waals surface area contributed by atoms with Crippen LogP contribution in [0.25, 0.3) is 0 Å². The largest absolute Gasteiger partial charge is 0.379 e. The number of amides is 3. The highest BCUT2D eigenvalue weighted by Crippen LogP contribution is 2.42. The van der Waals surface area contributed by atoms with Gasteiger partial charge in [-0.15, -0.1) is 0 Å². The van der Waals surface area contributed by atoms with E-state index in [2.05, 4.69) is 4.90 Å². The highest BCUT2D eigenvalue weighted by molar-refractivity contribution is 7.89. The van der Waals surface area contributed by atoms with E-state index in [0.29, 0.717) is 38.4 Å². The number of non-ortho nitro benzene ring substituents is 1. The van der Waals surface area contributed by atoms with Gasteiger partial charge in [-0.3, -0.25) is 24.7 Å². The zero-order valence-electron chi connectivity index (χ0n) is 20.9. The summed E-state index contributed by atoms with van der Waals surface area (Å²) in [5.74, 6) is -0.444. The zero-order chi connectivity index (χ0) is 27.1. The highest BCUT2D eigenvalue weighted by Gasteiger charge is 2.61. The lowest BCUT2D eigenvalue weighted by Gasteiger charge is -2.46. The van der Waals surface area contributed by atoms with E-state index in [9.17, 15) is 28.1 Å². The molecule has 12 nitrogen and oxygen atoms in total. The molecule has 3 saturated heterocycles. The van der Waals surface area contributed by atoms with E-state index in [0.717, 1.165) is 12.1 Å². The summed E-state index contributed by atoms with van der Waals surface area (Å²) in [7, 11) is -4.13. The van der Waals surface area contributed by atoms with E-state index in [-0.39, 0.29) is 30.2 Å². The highest BCUT2D eigenvalue weighted by atomic mass is 32.2. The molecule has 0 radical (unpaired) electrons. The van der Waals surface area contributed by atoms with Crippen molar-refractivity contribution in [3.63, 3.8) is 0 Å². The fraction of sp³-hybridized carbons (Fsp3) is 0.440. The predicted molar refractivity (Wildman–Crippen MR) is 136 cm³/mol. The average molecular weight is 544 g/mol.